The minimum atomic E-state index is -0.324. The first-order valence-corrected chi connectivity index (χ1v) is 6.60. The molecule has 0 spiro atoms. The van der Waals surface area contributed by atoms with Gasteiger partial charge in [-0.25, -0.2) is 0 Å². The average Bonchev–Trinajstić information content (AvgIpc) is 2.29. The lowest BCUT2D eigenvalue weighted by atomic mass is 9.67. The maximum absolute atomic E-state index is 12.6. The third kappa shape index (κ3) is 3.22. The van der Waals surface area contributed by atoms with Gasteiger partial charge in [0, 0.05) is 27.3 Å². The van der Waals surface area contributed by atoms with Crippen molar-refractivity contribution in [2.45, 2.75) is 32.2 Å². The van der Waals surface area contributed by atoms with E-state index in [1.54, 1.807) is 14.2 Å². The minimum absolute atomic E-state index is 0.0571. The number of ether oxygens (including phenoxy) is 2. The zero-order valence-corrected chi connectivity index (χ0v) is 11.8. The Labute approximate surface area is 110 Å². The normalized spacial score (nSPS) is 19.1. The van der Waals surface area contributed by atoms with Gasteiger partial charge in [-0.1, -0.05) is 6.42 Å². The molecule has 0 aromatic carbocycles. The Hall–Kier alpha value is -0.650. The third-order valence-electron chi connectivity index (χ3n) is 3.89. The number of nitrogens with zero attached hydrogens (tertiary/aromatic N) is 1. The third-order valence-corrected chi connectivity index (χ3v) is 3.89. The van der Waals surface area contributed by atoms with E-state index in [9.17, 15) is 4.79 Å². The van der Waals surface area contributed by atoms with Crippen LogP contribution in [0.4, 0.5) is 0 Å². The van der Waals surface area contributed by atoms with Crippen molar-refractivity contribution < 1.29 is 14.3 Å². The van der Waals surface area contributed by atoms with Gasteiger partial charge in [-0.3, -0.25) is 4.79 Å². The fourth-order valence-corrected chi connectivity index (χ4v) is 2.46. The first-order chi connectivity index (χ1) is 8.61. The lowest BCUT2D eigenvalue weighted by molar-refractivity contribution is -0.150. The molecule has 0 heterocycles. The van der Waals surface area contributed by atoms with Crippen LogP contribution < -0.4 is 5.73 Å². The molecular formula is C13H26N2O3. The van der Waals surface area contributed by atoms with Crippen LogP contribution in [-0.2, 0) is 14.3 Å². The van der Waals surface area contributed by atoms with Gasteiger partial charge in [-0.05, 0) is 19.8 Å². The highest BCUT2D eigenvalue weighted by molar-refractivity contribution is 5.84. The Kier molecular flexibility index (Phi) is 6.05. The fourth-order valence-electron chi connectivity index (χ4n) is 2.46. The number of amides is 1. The second-order valence-electron chi connectivity index (χ2n) is 5.13. The molecule has 0 bridgehead atoms. The lowest BCUT2D eigenvalue weighted by Gasteiger charge is -2.44. The highest BCUT2D eigenvalue weighted by Gasteiger charge is 2.45. The standard InChI is InChI=1S/C13H26N2O3/c1-11(9-18-3)15(7-8-17-2)12(16)13(10-14)5-4-6-13/h11H,4-10,14H2,1-3H3. The quantitative estimate of drug-likeness (QED) is 0.693. The van der Waals surface area contributed by atoms with Crippen LogP contribution in [0.1, 0.15) is 26.2 Å². The van der Waals surface area contributed by atoms with Crippen molar-refractivity contribution in [2.75, 3.05) is 40.5 Å². The number of hydrogen-bond acceptors (Lipinski definition) is 4. The minimum Gasteiger partial charge on any atom is -0.383 e. The van der Waals surface area contributed by atoms with Crippen molar-refractivity contribution in [3.63, 3.8) is 0 Å². The molecule has 18 heavy (non-hydrogen) atoms. The van der Waals surface area contributed by atoms with Crippen molar-refractivity contribution >= 4 is 5.91 Å². The zero-order chi connectivity index (χ0) is 13.6. The lowest BCUT2D eigenvalue weighted by Crippen LogP contribution is -2.55. The molecule has 0 radical (unpaired) electrons. The van der Waals surface area contributed by atoms with Gasteiger partial charge in [0.25, 0.3) is 0 Å². The Morgan fingerprint density at radius 2 is 2.06 bits per heavy atom. The molecule has 1 atom stereocenters. The van der Waals surface area contributed by atoms with Crippen molar-refractivity contribution in [1.29, 1.82) is 0 Å². The predicted molar refractivity (Wildman–Crippen MR) is 70.3 cm³/mol. The molecule has 1 aliphatic rings. The van der Waals surface area contributed by atoms with Crippen LogP contribution in [0.2, 0.25) is 0 Å². The van der Waals surface area contributed by atoms with Crippen molar-refractivity contribution in [3.8, 4) is 0 Å². The summed E-state index contributed by atoms with van der Waals surface area (Å²) in [6, 6.07) is 0.0571. The summed E-state index contributed by atoms with van der Waals surface area (Å²) < 4.78 is 10.2. The van der Waals surface area contributed by atoms with Gasteiger partial charge in [0.2, 0.25) is 5.91 Å². The van der Waals surface area contributed by atoms with Crippen LogP contribution in [0.25, 0.3) is 0 Å². The second-order valence-corrected chi connectivity index (χ2v) is 5.13. The summed E-state index contributed by atoms with van der Waals surface area (Å²) in [6.45, 7) is 4.12. The first kappa shape index (κ1) is 15.4. The molecule has 0 saturated heterocycles. The summed E-state index contributed by atoms with van der Waals surface area (Å²) in [5.41, 5.74) is 5.48. The summed E-state index contributed by atoms with van der Waals surface area (Å²) in [6.07, 6.45) is 2.91. The van der Waals surface area contributed by atoms with Crippen molar-refractivity contribution in [1.82, 2.24) is 4.90 Å². The number of rotatable bonds is 8. The smallest absolute Gasteiger partial charge is 0.230 e. The molecule has 1 rings (SSSR count). The van der Waals surface area contributed by atoms with E-state index in [-0.39, 0.29) is 17.4 Å². The molecule has 1 saturated carbocycles. The van der Waals surface area contributed by atoms with Gasteiger partial charge in [0.1, 0.15) is 0 Å². The Balaban J connectivity index is 2.71. The van der Waals surface area contributed by atoms with E-state index in [1.165, 1.54) is 0 Å². The van der Waals surface area contributed by atoms with Crippen LogP contribution in [0, 0.1) is 5.41 Å². The maximum Gasteiger partial charge on any atom is 0.230 e. The zero-order valence-electron chi connectivity index (χ0n) is 11.8. The fraction of sp³-hybridized carbons (Fsp3) is 0.923. The average molecular weight is 258 g/mol. The maximum atomic E-state index is 12.6. The van der Waals surface area contributed by atoms with Gasteiger partial charge < -0.3 is 20.1 Å². The van der Waals surface area contributed by atoms with Crippen molar-refractivity contribution in [2.24, 2.45) is 11.1 Å². The topological polar surface area (TPSA) is 64.8 Å². The van der Waals surface area contributed by atoms with Gasteiger partial charge in [-0.15, -0.1) is 0 Å². The second kappa shape index (κ2) is 7.07. The van der Waals surface area contributed by atoms with Gasteiger partial charge >= 0.3 is 0 Å². The molecular weight excluding hydrogens is 232 g/mol. The highest BCUT2D eigenvalue weighted by Crippen LogP contribution is 2.41. The summed E-state index contributed by atoms with van der Waals surface area (Å²) in [4.78, 5) is 14.5. The molecule has 5 heteroatoms. The number of carbonyl (C=O) groups is 1. The summed E-state index contributed by atoms with van der Waals surface area (Å²) in [5.74, 6) is 0.165. The first-order valence-electron chi connectivity index (χ1n) is 6.60. The molecule has 0 aromatic heterocycles. The molecule has 1 aliphatic carbocycles. The summed E-state index contributed by atoms with van der Waals surface area (Å²) >= 11 is 0. The van der Waals surface area contributed by atoms with E-state index in [0.717, 1.165) is 19.3 Å². The van der Waals surface area contributed by atoms with Gasteiger partial charge in [-0.2, -0.15) is 0 Å². The van der Waals surface area contributed by atoms with Crippen LogP contribution >= 0.6 is 0 Å². The molecule has 5 nitrogen and oxygen atoms in total. The Morgan fingerprint density at radius 3 is 2.44 bits per heavy atom. The van der Waals surface area contributed by atoms with Gasteiger partial charge in [0.15, 0.2) is 0 Å². The molecule has 0 aliphatic heterocycles. The predicted octanol–water partition coefficient (Wildman–Crippen LogP) is 0.625. The van der Waals surface area contributed by atoms with Crippen LogP contribution in [-0.4, -0.2) is 57.4 Å². The molecule has 2 N–H and O–H groups in total. The number of nitrogens with two attached hydrogens (primary N) is 1. The largest absolute Gasteiger partial charge is 0.383 e. The molecule has 1 amide bonds. The Morgan fingerprint density at radius 1 is 1.39 bits per heavy atom. The number of carbonyl (C=O) groups excluding carboxylic acids is 1. The van der Waals surface area contributed by atoms with Crippen LogP contribution in [0.3, 0.4) is 0 Å². The number of hydrogen-bond donors (Lipinski definition) is 1. The summed E-state index contributed by atoms with van der Waals surface area (Å²) in [7, 11) is 3.29. The monoisotopic (exact) mass is 258 g/mol. The van der Waals surface area contributed by atoms with E-state index in [4.69, 9.17) is 15.2 Å². The van der Waals surface area contributed by atoms with Gasteiger partial charge in [0.05, 0.1) is 24.7 Å². The molecule has 0 aromatic rings. The van der Waals surface area contributed by atoms with Crippen LogP contribution in [0.15, 0.2) is 0 Å². The summed E-state index contributed by atoms with van der Waals surface area (Å²) in [5, 5.41) is 0. The van der Waals surface area contributed by atoms with E-state index in [1.807, 2.05) is 11.8 Å². The Bertz CT molecular complexity index is 261. The van der Waals surface area contributed by atoms with Crippen LogP contribution in [0.5, 0.6) is 0 Å². The van der Waals surface area contributed by atoms with E-state index >= 15 is 0 Å². The van der Waals surface area contributed by atoms with E-state index < -0.39 is 0 Å². The van der Waals surface area contributed by atoms with E-state index in [2.05, 4.69) is 0 Å². The van der Waals surface area contributed by atoms with E-state index in [0.29, 0.717) is 26.3 Å². The molecule has 106 valence electrons. The molecule has 1 fully saturated rings. The highest BCUT2D eigenvalue weighted by atomic mass is 16.5. The number of methoxy groups -OCH3 is 2. The van der Waals surface area contributed by atoms with Crippen molar-refractivity contribution in [3.05, 3.63) is 0 Å². The molecule has 1 unspecified atom stereocenters. The SMILES string of the molecule is COCCN(C(=O)C1(CN)CCC1)C(C)COC.